The maximum Gasteiger partial charge on any atom is 0.153 e. The fourth-order valence-electron chi connectivity index (χ4n) is 2.17. The molecule has 18 heavy (non-hydrogen) atoms. The van der Waals surface area contributed by atoms with Gasteiger partial charge in [0.1, 0.15) is 0 Å². The number of hydrogen-bond donors (Lipinski definition) is 1. The quantitative estimate of drug-likeness (QED) is 0.551. The lowest BCUT2D eigenvalue weighted by Crippen LogP contribution is -1.83. The number of rotatable bonds is 1. The molecule has 4 rings (SSSR count). The zero-order chi connectivity index (χ0) is 11.9. The van der Waals surface area contributed by atoms with Crippen LogP contribution >= 0.6 is 0 Å². The van der Waals surface area contributed by atoms with E-state index < -0.39 is 0 Å². The summed E-state index contributed by atoms with van der Waals surface area (Å²) in [6.07, 6.45) is 3.29. The number of pyridine rings is 1. The predicted molar refractivity (Wildman–Crippen MR) is 66.9 cm³/mol. The van der Waals surface area contributed by atoms with Crippen molar-refractivity contribution in [2.75, 3.05) is 0 Å². The number of hydrogen-bond acceptors (Lipinski definition) is 4. The molecular formula is C13H8N4O. The average Bonchev–Trinajstić information content (AvgIpc) is 3.05. The van der Waals surface area contributed by atoms with Crippen LogP contribution in [0.3, 0.4) is 0 Å². The first-order valence-corrected chi connectivity index (χ1v) is 5.56. The van der Waals surface area contributed by atoms with E-state index in [9.17, 15) is 0 Å². The van der Waals surface area contributed by atoms with Gasteiger partial charge < -0.3 is 9.51 Å². The fraction of sp³-hybridized carbons (Fsp3) is 0. The molecule has 0 aliphatic carbocycles. The third-order valence-electron chi connectivity index (χ3n) is 3.01. The number of benzene rings is 1. The van der Waals surface area contributed by atoms with Crippen LogP contribution in [0.4, 0.5) is 0 Å². The van der Waals surface area contributed by atoms with Gasteiger partial charge in [0.05, 0.1) is 17.4 Å². The van der Waals surface area contributed by atoms with Gasteiger partial charge in [0, 0.05) is 21.6 Å². The molecule has 0 amide bonds. The smallest absolute Gasteiger partial charge is 0.153 e. The Balaban J connectivity index is 2.07. The van der Waals surface area contributed by atoms with Crippen LogP contribution in [0.2, 0.25) is 0 Å². The second-order valence-electron chi connectivity index (χ2n) is 4.08. The number of aromatic amines is 1. The summed E-state index contributed by atoms with van der Waals surface area (Å²) in [5, 5.41) is 9.62. The first-order chi connectivity index (χ1) is 8.92. The minimum absolute atomic E-state index is 0.641. The Hall–Kier alpha value is -2.69. The van der Waals surface area contributed by atoms with Crippen LogP contribution in [0.25, 0.3) is 33.2 Å². The summed E-state index contributed by atoms with van der Waals surface area (Å²) >= 11 is 0. The Bertz CT molecular complexity index is 833. The SMILES string of the molecule is c1ccc2c(c1)[nH]c1cnc(-c3conn3)cc12. The molecule has 1 aromatic carbocycles. The maximum absolute atomic E-state index is 4.74. The average molecular weight is 236 g/mol. The summed E-state index contributed by atoms with van der Waals surface area (Å²) < 4.78 is 4.74. The zero-order valence-corrected chi connectivity index (χ0v) is 9.29. The van der Waals surface area contributed by atoms with Crippen molar-refractivity contribution in [1.82, 2.24) is 20.3 Å². The van der Waals surface area contributed by atoms with Gasteiger partial charge in [-0.25, -0.2) is 0 Å². The Morgan fingerprint density at radius 3 is 2.83 bits per heavy atom. The van der Waals surface area contributed by atoms with Gasteiger partial charge in [-0.2, -0.15) is 0 Å². The molecule has 0 bridgehead atoms. The van der Waals surface area contributed by atoms with Gasteiger partial charge >= 0.3 is 0 Å². The molecule has 1 N–H and O–H groups in total. The largest absolute Gasteiger partial charge is 0.353 e. The Morgan fingerprint density at radius 1 is 1.00 bits per heavy atom. The summed E-state index contributed by atoms with van der Waals surface area (Å²) in [5.41, 5.74) is 3.51. The van der Waals surface area contributed by atoms with E-state index in [1.807, 2.05) is 24.3 Å². The minimum Gasteiger partial charge on any atom is -0.353 e. The predicted octanol–water partition coefficient (Wildman–Crippen LogP) is 2.77. The van der Waals surface area contributed by atoms with E-state index in [1.165, 1.54) is 11.6 Å². The standard InChI is InChI=1S/C13H8N4O/c1-2-4-10-8(3-1)9-5-11(13-7-18-17-16-13)14-6-12(9)15-10/h1-7,15H. The van der Waals surface area contributed by atoms with Gasteiger partial charge in [-0.15, -0.1) is 5.10 Å². The van der Waals surface area contributed by atoms with E-state index in [4.69, 9.17) is 4.52 Å². The van der Waals surface area contributed by atoms with Crippen LogP contribution < -0.4 is 0 Å². The lowest BCUT2D eigenvalue weighted by atomic mass is 10.1. The summed E-state index contributed by atoms with van der Waals surface area (Å²) in [6, 6.07) is 10.2. The first-order valence-electron chi connectivity index (χ1n) is 5.56. The molecule has 0 radical (unpaired) electrons. The van der Waals surface area contributed by atoms with E-state index in [2.05, 4.69) is 26.4 Å². The van der Waals surface area contributed by atoms with Gasteiger partial charge in [0.2, 0.25) is 0 Å². The lowest BCUT2D eigenvalue weighted by molar-refractivity contribution is 0.393. The van der Waals surface area contributed by atoms with Crippen LogP contribution in [0.1, 0.15) is 0 Å². The third kappa shape index (κ3) is 1.24. The molecular weight excluding hydrogens is 228 g/mol. The van der Waals surface area contributed by atoms with Gasteiger partial charge in [0.15, 0.2) is 12.0 Å². The van der Waals surface area contributed by atoms with Gasteiger partial charge in [0.25, 0.3) is 0 Å². The summed E-state index contributed by atoms with van der Waals surface area (Å²) in [7, 11) is 0. The second kappa shape index (κ2) is 3.40. The summed E-state index contributed by atoms with van der Waals surface area (Å²) in [5.74, 6) is 0. The van der Waals surface area contributed by atoms with Crippen molar-refractivity contribution in [2.45, 2.75) is 0 Å². The molecule has 3 aromatic heterocycles. The number of para-hydroxylation sites is 1. The number of aromatic nitrogens is 4. The van der Waals surface area contributed by atoms with E-state index in [-0.39, 0.29) is 0 Å². The molecule has 0 spiro atoms. The molecule has 0 fully saturated rings. The van der Waals surface area contributed by atoms with Crippen molar-refractivity contribution in [3.05, 3.63) is 42.8 Å². The molecule has 0 unspecified atom stereocenters. The molecule has 0 saturated heterocycles. The molecule has 0 saturated carbocycles. The molecule has 5 nitrogen and oxygen atoms in total. The van der Waals surface area contributed by atoms with E-state index in [0.29, 0.717) is 5.69 Å². The van der Waals surface area contributed by atoms with E-state index >= 15 is 0 Å². The Morgan fingerprint density at radius 2 is 1.94 bits per heavy atom. The van der Waals surface area contributed by atoms with Crippen molar-refractivity contribution in [3.63, 3.8) is 0 Å². The second-order valence-corrected chi connectivity index (χ2v) is 4.08. The third-order valence-corrected chi connectivity index (χ3v) is 3.01. The van der Waals surface area contributed by atoms with Crippen LogP contribution in [-0.2, 0) is 0 Å². The van der Waals surface area contributed by atoms with Crippen LogP contribution in [0, 0.1) is 0 Å². The normalized spacial score (nSPS) is 11.3. The van der Waals surface area contributed by atoms with Crippen molar-refractivity contribution >= 4 is 21.8 Å². The number of fused-ring (bicyclic) bond motifs is 3. The highest BCUT2D eigenvalue weighted by atomic mass is 16.5. The fourth-order valence-corrected chi connectivity index (χ4v) is 2.17. The molecule has 0 aliphatic heterocycles. The highest BCUT2D eigenvalue weighted by Crippen LogP contribution is 2.27. The van der Waals surface area contributed by atoms with Gasteiger partial charge in [-0.05, 0) is 12.1 Å². The van der Waals surface area contributed by atoms with E-state index in [0.717, 1.165) is 22.1 Å². The molecule has 86 valence electrons. The van der Waals surface area contributed by atoms with Crippen LogP contribution in [-0.4, -0.2) is 20.3 Å². The molecule has 4 aromatic rings. The lowest BCUT2D eigenvalue weighted by Gasteiger charge is -1.95. The maximum atomic E-state index is 4.74. The summed E-state index contributed by atoms with van der Waals surface area (Å²) in [4.78, 5) is 7.68. The zero-order valence-electron chi connectivity index (χ0n) is 9.29. The summed E-state index contributed by atoms with van der Waals surface area (Å²) in [6.45, 7) is 0. The van der Waals surface area contributed by atoms with Crippen molar-refractivity contribution in [2.24, 2.45) is 0 Å². The molecule has 3 heterocycles. The van der Waals surface area contributed by atoms with Crippen molar-refractivity contribution < 1.29 is 4.52 Å². The van der Waals surface area contributed by atoms with Crippen LogP contribution in [0.5, 0.6) is 0 Å². The number of nitrogens with zero attached hydrogens (tertiary/aromatic N) is 3. The molecule has 0 aliphatic rings. The minimum atomic E-state index is 0.641. The first kappa shape index (κ1) is 9.35. The highest BCUT2D eigenvalue weighted by Gasteiger charge is 2.08. The van der Waals surface area contributed by atoms with Crippen molar-refractivity contribution in [3.8, 4) is 11.4 Å². The van der Waals surface area contributed by atoms with Gasteiger partial charge in [-0.3, -0.25) is 4.98 Å². The Labute approximate surface area is 101 Å². The highest BCUT2D eigenvalue weighted by molar-refractivity contribution is 6.07. The van der Waals surface area contributed by atoms with Crippen LogP contribution in [0.15, 0.2) is 47.3 Å². The number of nitrogens with one attached hydrogen (secondary N) is 1. The van der Waals surface area contributed by atoms with Gasteiger partial charge in [-0.1, -0.05) is 18.2 Å². The Kier molecular flexibility index (Phi) is 1.77. The monoisotopic (exact) mass is 236 g/mol. The molecule has 5 heteroatoms. The van der Waals surface area contributed by atoms with E-state index in [1.54, 1.807) is 6.20 Å². The number of H-pyrrole nitrogens is 1. The molecule has 0 atom stereocenters. The van der Waals surface area contributed by atoms with Crippen molar-refractivity contribution in [1.29, 1.82) is 0 Å². The topological polar surface area (TPSA) is 67.6 Å².